The van der Waals surface area contributed by atoms with Crippen molar-refractivity contribution < 1.29 is 9.15 Å². The quantitative estimate of drug-likeness (QED) is 0.649. The third-order valence-corrected chi connectivity index (χ3v) is 6.82. The fourth-order valence-corrected chi connectivity index (χ4v) is 5.19. The highest BCUT2D eigenvalue weighted by Crippen LogP contribution is 2.42. The van der Waals surface area contributed by atoms with Gasteiger partial charge in [0.05, 0.1) is 25.6 Å². The van der Waals surface area contributed by atoms with Gasteiger partial charge in [-0.3, -0.25) is 9.58 Å². The molecule has 1 unspecified atom stereocenters. The smallest absolute Gasteiger partial charge is 0.118 e. The van der Waals surface area contributed by atoms with Crippen molar-refractivity contribution in [3.05, 3.63) is 60.2 Å². The Morgan fingerprint density at radius 1 is 1.23 bits per heavy atom. The number of piperidine rings is 3. The second kappa shape index (κ2) is 8.28. The second-order valence-corrected chi connectivity index (χ2v) is 8.56. The number of rotatable bonds is 7. The lowest BCUT2D eigenvalue weighted by atomic mass is 9.74. The number of benzene rings is 1. The Labute approximate surface area is 177 Å². The Hall–Kier alpha value is -2.57. The largest absolute Gasteiger partial charge is 0.497 e. The second-order valence-electron chi connectivity index (χ2n) is 8.56. The van der Waals surface area contributed by atoms with Crippen LogP contribution in [0.25, 0.3) is 11.3 Å². The number of nitrogens with zero attached hydrogens (tertiary/aromatic N) is 3. The number of furan rings is 1. The van der Waals surface area contributed by atoms with Crippen LogP contribution >= 0.6 is 0 Å². The van der Waals surface area contributed by atoms with Gasteiger partial charge in [0.15, 0.2) is 0 Å². The van der Waals surface area contributed by atoms with Crippen LogP contribution in [0.5, 0.6) is 5.75 Å². The normalized spacial score (nSPS) is 25.5. The lowest BCUT2D eigenvalue weighted by Crippen LogP contribution is -2.55. The van der Waals surface area contributed by atoms with Crippen LogP contribution in [0.2, 0.25) is 0 Å². The average molecular weight is 407 g/mol. The molecule has 3 aliphatic heterocycles. The molecule has 6 rings (SSSR count). The summed E-state index contributed by atoms with van der Waals surface area (Å²) in [5, 5.41) is 8.41. The zero-order chi connectivity index (χ0) is 20.5. The van der Waals surface area contributed by atoms with Crippen molar-refractivity contribution in [2.24, 2.45) is 13.0 Å². The van der Waals surface area contributed by atoms with Crippen LogP contribution in [-0.2, 0) is 13.6 Å². The lowest BCUT2D eigenvalue weighted by Gasteiger charge is -2.50. The molecule has 3 aromatic rings. The third kappa shape index (κ3) is 3.77. The van der Waals surface area contributed by atoms with Crippen LogP contribution in [0.15, 0.2) is 53.1 Å². The molecule has 4 atom stereocenters. The molecule has 30 heavy (non-hydrogen) atoms. The van der Waals surface area contributed by atoms with E-state index in [1.165, 1.54) is 25.1 Å². The van der Waals surface area contributed by atoms with Gasteiger partial charge >= 0.3 is 0 Å². The minimum absolute atomic E-state index is 0.560. The van der Waals surface area contributed by atoms with Crippen LogP contribution in [0.3, 0.4) is 0 Å². The number of ether oxygens (including phenoxy) is 1. The number of hydrogen-bond acceptors (Lipinski definition) is 5. The molecular formula is C24H30N4O2. The average Bonchev–Trinajstić information content (AvgIpc) is 3.44. The van der Waals surface area contributed by atoms with E-state index >= 15 is 0 Å². The van der Waals surface area contributed by atoms with E-state index in [1.807, 2.05) is 24.3 Å². The van der Waals surface area contributed by atoms with Crippen LogP contribution in [0.4, 0.5) is 0 Å². The SMILES string of the molecule is COc1ccc(-c2cc([C@H]3CN4CC[C@H]3C[C@@H]4CNCc3ccco3)n(C)n2)cc1. The number of aromatic nitrogens is 2. The molecular weight excluding hydrogens is 376 g/mol. The molecule has 2 aromatic heterocycles. The summed E-state index contributed by atoms with van der Waals surface area (Å²) in [6.45, 7) is 4.15. The first-order valence-corrected chi connectivity index (χ1v) is 10.9. The van der Waals surface area contributed by atoms with E-state index in [1.54, 1.807) is 13.4 Å². The van der Waals surface area contributed by atoms with E-state index in [4.69, 9.17) is 14.3 Å². The lowest BCUT2D eigenvalue weighted by molar-refractivity contribution is 0.0280. The van der Waals surface area contributed by atoms with Crippen molar-refractivity contribution in [1.29, 1.82) is 0 Å². The first-order chi connectivity index (χ1) is 14.7. The number of methoxy groups -OCH3 is 1. The maximum Gasteiger partial charge on any atom is 0.118 e. The summed E-state index contributed by atoms with van der Waals surface area (Å²) in [6, 6.07) is 15.0. The number of fused-ring (bicyclic) bond motifs is 3. The standard InChI is InChI=1S/C24H30N4O2/c1-27-24(13-23(26-27)17-5-7-20(29-2)8-6-17)22-16-28-10-9-18(22)12-19(28)14-25-15-21-4-3-11-30-21/h3-8,11,13,18-19,22,25H,9-10,12,14-16H2,1-2H3/t18-,19+,22-/m0/s1. The van der Waals surface area contributed by atoms with E-state index in [9.17, 15) is 0 Å². The Balaban J connectivity index is 1.25. The van der Waals surface area contributed by atoms with E-state index in [2.05, 4.69) is 40.1 Å². The van der Waals surface area contributed by atoms with Gasteiger partial charge in [0.2, 0.25) is 0 Å². The van der Waals surface area contributed by atoms with Gasteiger partial charge < -0.3 is 14.5 Å². The van der Waals surface area contributed by atoms with Gasteiger partial charge in [-0.2, -0.15) is 5.10 Å². The van der Waals surface area contributed by atoms with Gasteiger partial charge in [-0.15, -0.1) is 0 Å². The number of aryl methyl sites for hydroxylation is 1. The zero-order valence-corrected chi connectivity index (χ0v) is 17.8. The molecule has 3 aliphatic rings. The van der Waals surface area contributed by atoms with Crippen LogP contribution in [0.1, 0.15) is 30.2 Å². The fourth-order valence-electron chi connectivity index (χ4n) is 5.19. The zero-order valence-electron chi connectivity index (χ0n) is 17.8. The Bertz CT molecular complexity index is 964. The maximum atomic E-state index is 5.43. The van der Waals surface area contributed by atoms with Gasteiger partial charge in [0, 0.05) is 43.4 Å². The molecule has 0 aliphatic carbocycles. The monoisotopic (exact) mass is 406 g/mol. The Morgan fingerprint density at radius 2 is 2.10 bits per heavy atom. The van der Waals surface area contributed by atoms with E-state index < -0.39 is 0 Å². The fraction of sp³-hybridized carbons (Fsp3) is 0.458. The highest BCUT2D eigenvalue weighted by molar-refractivity contribution is 5.60. The summed E-state index contributed by atoms with van der Waals surface area (Å²) in [4.78, 5) is 2.67. The molecule has 5 heterocycles. The molecule has 6 heteroatoms. The van der Waals surface area contributed by atoms with E-state index in [0.29, 0.717) is 12.0 Å². The Morgan fingerprint density at radius 3 is 2.80 bits per heavy atom. The molecule has 0 spiro atoms. The van der Waals surface area contributed by atoms with Gasteiger partial charge in [0.1, 0.15) is 11.5 Å². The molecule has 0 radical (unpaired) electrons. The van der Waals surface area contributed by atoms with E-state index in [-0.39, 0.29) is 0 Å². The maximum absolute atomic E-state index is 5.43. The van der Waals surface area contributed by atoms with Crippen molar-refractivity contribution in [3.63, 3.8) is 0 Å². The minimum atomic E-state index is 0.560. The summed E-state index contributed by atoms with van der Waals surface area (Å²) >= 11 is 0. The molecule has 158 valence electrons. The first kappa shape index (κ1) is 19.4. The summed E-state index contributed by atoms with van der Waals surface area (Å²) in [5.41, 5.74) is 3.54. The van der Waals surface area contributed by atoms with Crippen molar-refractivity contribution >= 4 is 0 Å². The van der Waals surface area contributed by atoms with Crippen molar-refractivity contribution in [2.75, 3.05) is 26.7 Å². The number of hydrogen-bond donors (Lipinski definition) is 1. The summed E-state index contributed by atoms with van der Waals surface area (Å²) in [6.07, 6.45) is 4.27. The molecule has 6 nitrogen and oxygen atoms in total. The first-order valence-electron chi connectivity index (χ1n) is 10.9. The van der Waals surface area contributed by atoms with Crippen molar-refractivity contribution in [3.8, 4) is 17.0 Å². The molecule has 0 saturated carbocycles. The molecule has 0 amide bonds. The third-order valence-electron chi connectivity index (χ3n) is 6.82. The summed E-state index contributed by atoms with van der Waals surface area (Å²) < 4.78 is 12.8. The highest BCUT2D eigenvalue weighted by Gasteiger charge is 2.41. The van der Waals surface area contributed by atoms with Gasteiger partial charge in [-0.25, -0.2) is 0 Å². The van der Waals surface area contributed by atoms with Crippen LogP contribution < -0.4 is 10.1 Å². The molecule has 1 aromatic carbocycles. The molecule has 2 bridgehead atoms. The number of nitrogens with one attached hydrogen (secondary N) is 1. The molecule has 3 saturated heterocycles. The molecule has 1 N–H and O–H groups in total. The van der Waals surface area contributed by atoms with Crippen molar-refractivity contribution in [1.82, 2.24) is 20.0 Å². The summed E-state index contributed by atoms with van der Waals surface area (Å²) in [7, 11) is 3.78. The van der Waals surface area contributed by atoms with Gasteiger partial charge in [-0.1, -0.05) is 0 Å². The minimum Gasteiger partial charge on any atom is -0.497 e. The molecule has 3 fully saturated rings. The predicted octanol–water partition coefficient (Wildman–Crippen LogP) is 3.66. The summed E-state index contributed by atoms with van der Waals surface area (Å²) in [5.74, 6) is 3.16. The van der Waals surface area contributed by atoms with Crippen LogP contribution in [0, 0.1) is 5.92 Å². The van der Waals surface area contributed by atoms with Gasteiger partial charge in [-0.05, 0) is 67.8 Å². The Kier molecular flexibility index (Phi) is 5.35. The predicted molar refractivity (Wildman–Crippen MR) is 116 cm³/mol. The van der Waals surface area contributed by atoms with Crippen molar-refractivity contribution in [2.45, 2.75) is 31.3 Å². The topological polar surface area (TPSA) is 55.5 Å². The van der Waals surface area contributed by atoms with E-state index in [0.717, 1.165) is 48.3 Å². The highest BCUT2D eigenvalue weighted by atomic mass is 16.5. The van der Waals surface area contributed by atoms with Crippen LogP contribution in [-0.4, -0.2) is 47.5 Å². The van der Waals surface area contributed by atoms with Gasteiger partial charge in [0.25, 0.3) is 0 Å².